The van der Waals surface area contributed by atoms with Crippen LogP contribution in [0.2, 0.25) is 0 Å². The van der Waals surface area contributed by atoms with Gasteiger partial charge in [-0.15, -0.1) is 0 Å². The number of hydrogen-bond donors (Lipinski definition) is 2. The van der Waals surface area contributed by atoms with Gasteiger partial charge in [0.15, 0.2) is 17.1 Å². The number of rotatable bonds is 6. The van der Waals surface area contributed by atoms with E-state index < -0.39 is 0 Å². The van der Waals surface area contributed by atoms with Crippen LogP contribution in [-0.2, 0) is 4.74 Å². The molecule has 32 heavy (non-hydrogen) atoms. The van der Waals surface area contributed by atoms with Crippen molar-refractivity contribution in [3.8, 4) is 28.5 Å². The Morgan fingerprint density at radius 1 is 1.09 bits per heavy atom. The minimum Gasteiger partial charge on any atom is -0.508 e. The van der Waals surface area contributed by atoms with Gasteiger partial charge in [-0.05, 0) is 43.3 Å². The van der Waals surface area contributed by atoms with E-state index in [4.69, 9.17) is 19.2 Å². The Morgan fingerprint density at radius 2 is 1.84 bits per heavy atom. The van der Waals surface area contributed by atoms with Gasteiger partial charge in [0.05, 0.1) is 31.7 Å². The standard InChI is InChI=1S/C24H26N4O4/c1-15-22-18-13-20(30-2)21(32-12-9-28-7-10-31-11-8-28)14-19(18)23(25-24(22)27-26-15)16-3-5-17(29)6-4-16/h3-6,13-14,29H,7-12H2,1-2H3,(H,25,26,27). The van der Waals surface area contributed by atoms with Crippen molar-refractivity contribution >= 4 is 21.8 Å². The molecule has 2 aromatic heterocycles. The number of aromatic hydroxyl groups is 1. The summed E-state index contributed by atoms with van der Waals surface area (Å²) in [5.74, 6) is 1.56. The Morgan fingerprint density at radius 3 is 2.59 bits per heavy atom. The van der Waals surface area contributed by atoms with Gasteiger partial charge < -0.3 is 19.3 Å². The molecule has 1 saturated heterocycles. The number of pyridine rings is 1. The molecule has 0 amide bonds. The number of fused-ring (bicyclic) bond motifs is 3. The maximum Gasteiger partial charge on any atom is 0.161 e. The van der Waals surface area contributed by atoms with Crippen LogP contribution >= 0.6 is 0 Å². The maximum atomic E-state index is 9.72. The van der Waals surface area contributed by atoms with Crippen LogP contribution in [0.15, 0.2) is 36.4 Å². The number of hydrogen-bond acceptors (Lipinski definition) is 7. The largest absolute Gasteiger partial charge is 0.508 e. The molecule has 0 aliphatic carbocycles. The number of methoxy groups -OCH3 is 1. The highest BCUT2D eigenvalue weighted by Crippen LogP contribution is 2.40. The summed E-state index contributed by atoms with van der Waals surface area (Å²) in [5, 5.41) is 20.0. The van der Waals surface area contributed by atoms with Crippen LogP contribution in [0.5, 0.6) is 17.2 Å². The lowest BCUT2D eigenvalue weighted by molar-refractivity contribution is 0.0321. The first kappa shape index (κ1) is 20.5. The average molecular weight is 434 g/mol. The summed E-state index contributed by atoms with van der Waals surface area (Å²) in [6, 6.07) is 11.0. The van der Waals surface area contributed by atoms with Gasteiger partial charge in [0, 0.05) is 41.4 Å². The molecule has 3 heterocycles. The number of aromatic amines is 1. The number of benzene rings is 2. The van der Waals surface area contributed by atoms with E-state index in [1.54, 1.807) is 19.2 Å². The lowest BCUT2D eigenvalue weighted by Crippen LogP contribution is -2.38. The third-order valence-corrected chi connectivity index (χ3v) is 5.89. The second-order valence-corrected chi connectivity index (χ2v) is 7.89. The second kappa shape index (κ2) is 8.64. The predicted octanol–water partition coefficient (Wildman–Crippen LogP) is 3.51. The summed E-state index contributed by atoms with van der Waals surface area (Å²) in [7, 11) is 1.65. The number of nitrogens with one attached hydrogen (secondary N) is 1. The molecule has 0 atom stereocenters. The zero-order valence-corrected chi connectivity index (χ0v) is 18.2. The molecule has 166 valence electrons. The minimum absolute atomic E-state index is 0.213. The van der Waals surface area contributed by atoms with Gasteiger partial charge in [0.2, 0.25) is 0 Å². The number of aromatic nitrogens is 3. The van der Waals surface area contributed by atoms with E-state index in [9.17, 15) is 5.11 Å². The number of ether oxygens (including phenoxy) is 3. The maximum absolute atomic E-state index is 9.72. The third kappa shape index (κ3) is 3.83. The Balaban J connectivity index is 1.58. The molecule has 2 aromatic carbocycles. The van der Waals surface area contributed by atoms with E-state index in [-0.39, 0.29) is 5.75 Å². The molecule has 5 rings (SSSR count). The summed E-state index contributed by atoms with van der Waals surface area (Å²) in [4.78, 5) is 7.19. The van der Waals surface area contributed by atoms with Crippen molar-refractivity contribution in [1.29, 1.82) is 0 Å². The number of phenolic OH excluding ortho intramolecular Hbond substituents is 1. The lowest BCUT2D eigenvalue weighted by Gasteiger charge is -2.26. The fourth-order valence-electron chi connectivity index (χ4n) is 4.18. The van der Waals surface area contributed by atoms with Gasteiger partial charge in [0.25, 0.3) is 0 Å². The summed E-state index contributed by atoms with van der Waals surface area (Å²) in [6.45, 7) is 6.71. The van der Waals surface area contributed by atoms with Gasteiger partial charge in [-0.1, -0.05) is 0 Å². The number of phenols is 1. The number of nitrogens with zero attached hydrogens (tertiary/aromatic N) is 3. The highest BCUT2D eigenvalue weighted by Gasteiger charge is 2.18. The van der Waals surface area contributed by atoms with Crippen molar-refractivity contribution in [1.82, 2.24) is 20.1 Å². The van der Waals surface area contributed by atoms with Crippen molar-refractivity contribution in [2.24, 2.45) is 0 Å². The first-order valence-electron chi connectivity index (χ1n) is 10.7. The third-order valence-electron chi connectivity index (χ3n) is 5.89. The molecular weight excluding hydrogens is 408 g/mol. The zero-order chi connectivity index (χ0) is 22.1. The van der Waals surface area contributed by atoms with Crippen LogP contribution < -0.4 is 9.47 Å². The van der Waals surface area contributed by atoms with Gasteiger partial charge in [-0.2, -0.15) is 5.10 Å². The fourth-order valence-corrected chi connectivity index (χ4v) is 4.18. The van der Waals surface area contributed by atoms with Crippen LogP contribution in [0.1, 0.15) is 5.69 Å². The molecular formula is C24H26N4O4. The van der Waals surface area contributed by atoms with Gasteiger partial charge in [0.1, 0.15) is 12.4 Å². The molecule has 0 radical (unpaired) electrons. The molecule has 4 aromatic rings. The Kier molecular flexibility index (Phi) is 5.55. The van der Waals surface area contributed by atoms with E-state index in [2.05, 4.69) is 15.1 Å². The summed E-state index contributed by atoms with van der Waals surface area (Å²) in [6.07, 6.45) is 0. The van der Waals surface area contributed by atoms with Crippen LogP contribution in [0.4, 0.5) is 0 Å². The average Bonchev–Trinajstić information content (AvgIpc) is 3.20. The SMILES string of the molecule is COc1cc2c(cc1OCCN1CCOCC1)c(-c1ccc(O)cc1)nc1[nH]nc(C)c12. The van der Waals surface area contributed by atoms with Crippen molar-refractivity contribution in [2.75, 3.05) is 46.6 Å². The molecule has 0 bridgehead atoms. The molecule has 1 aliphatic heterocycles. The second-order valence-electron chi connectivity index (χ2n) is 7.89. The molecule has 2 N–H and O–H groups in total. The first-order chi connectivity index (χ1) is 15.6. The Hall–Kier alpha value is -3.36. The van der Waals surface area contributed by atoms with Crippen molar-refractivity contribution in [3.05, 3.63) is 42.1 Å². The molecule has 8 nitrogen and oxygen atoms in total. The highest BCUT2D eigenvalue weighted by atomic mass is 16.5. The topological polar surface area (TPSA) is 92.7 Å². The number of H-pyrrole nitrogens is 1. The van der Waals surface area contributed by atoms with Crippen LogP contribution in [0, 0.1) is 6.92 Å². The fraction of sp³-hybridized carbons (Fsp3) is 0.333. The predicted molar refractivity (Wildman–Crippen MR) is 123 cm³/mol. The first-order valence-corrected chi connectivity index (χ1v) is 10.7. The summed E-state index contributed by atoms with van der Waals surface area (Å²) >= 11 is 0. The normalized spacial score (nSPS) is 14.8. The quantitative estimate of drug-likeness (QED) is 0.480. The van der Waals surface area contributed by atoms with Crippen molar-refractivity contribution in [2.45, 2.75) is 6.92 Å². The van der Waals surface area contributed by atoms with E-state index in [0.29, 0.717) is 23.8 Å². The van der Waals surface area contributed by atoms with Crippen LogP contribution in [0.3, 0.4) is 0 Å². The van der Waals surface area contributed by atoms with E-state index in [0.717, 1.165) is 66.0 Å². The number of aryl methyl sites for hydroxylation is 1. The molecule has 0 unspecified atom stereocenters. The molecule has 1 fully saturated rings. The molecule has 8 heteroatoms. The molecule has 1 aliphatic rings. The highest BCUT2D eigenvalue weighted by molar-refractivity contribution is 6.12. The zero-order valence-electron chi connectivity index (χ0n) is 18.2. The van der Waals surface area contributed by atoms with E-state index in [1.165, 1.54) is 0 Å². The van der Waals surface area contributed by atoms with Crippen molar-refractivity contribution < 1.29 is 19.3 Å². The molecule has 0 spiro atoms. The molecule has 0 saturated carbocycles. The van der Waals surface area contributed by atoms with Crippen molar-refractivity contribution in [3.63, 3.8) is 0 Å². The van der Waals surface area contributed by atoms with E-state index >= 15 is 0 Å². The van der Waals surface area contributed by atoms with Crippen LogP contribution in [0.25, 0.3) is 33.1 Å². The summed E-state index contributed by atoms with van der Waals surface area (Å²) in [5.41, 5.74) is 3.27. The van der Waals surface area contributed by atoms with E-state index in [1.807, 2.05) is 31.2 Å². The smallest absolute Gasteiger partial charge is 0.161 e. The monoisotopic (exact) mass is 434 g/mol. The van der Waals surface area contributed by atoms with Gasteiger partial charge in [-0.3, -0.25) is 10.00 Å². The lowest BCUT2D eigenvalue weighted by atomic mass is 10.00. The Labute approximate surface area is 185 Å². The van der Waals surface area contributed by atoms with Crippen LogP contribution in [-0.4, -0.2) is 71.8 Å². The van der Waals surface area contributed by atoms with Gasteiger partial charge in [-0.25, -0.2) is 4.98 Å². The minimum atomic E-state index is 0.213. The summed E-state index contributed by atoms with van der Waals surface area (Å²) < 4.78 is 17.3. The number of morpholine rings is 1. The van der Waals surface area contributed by atoms with Gasteiger partial charge >= 0.3 is 0 Å². The Bertz CT molecular complexity index is 1250.